The van der Waals surface area contributed by atoms with E-state index >= 15 is 0 Å². The molecule has 0 aliphatic heterocycles. The van der Waals surface area contributed by atoms with Crippen LogP contribution in [0, 0.1) is 0 Å². The van der Waals surface area contributed by atoms with Gasteiger partial charge in [-0.1, -0.05) is 53.7 Å². The van der Waals surface area contributed by atoms with E-state index in [4.69, 9.17) is 11.6 Å². The zero-order chi connectivity index (χ0) is 24.7. The van der Waals surface area contributed by atoms with Gasteiger partial charge in [-0.2, -0.15) is 0 Å². The van der Waals surface area contributed by atoms with Crippen LogP contribution in [0.5, 0.6) is 0 Å². The number of benzene rings is 3. The number of aromatic nitrogens is 2. The first kappa shape index (κ1) is 28.3. The number of amides is 1. The normalized spacial score (nSPS) is 10.1. The first-order valence-corrected chi connectivity index (χ1v) is 11.8. The number of fused-ring (bicyclic) bond motifs is 1. The maximum Gasteiger partial charge on any atom is 0.266 e. The predicted molar refractivity (Wildman–Crippen MR) is 138 cm³/mol. The summed E-state index contributed by atoms with van der Waals surface area (Å²) in [5.74, 6) is 0.206. The highest BCUT2D eigenvalue weighted by molar-refractivity contribution is 7.99. The number of ketones is 1. The molecule has 0 aliphatic carbocycles. The molecule has 6 nitrogen and oxygen atoms in total. The van der Waals surface area contributed by atoms with Gasteiger partial charge >= 0.3 is 0 Å². The molecule has 0 fully saturated rings. The first-order chi connectivity index (χ1) is 16.3. The minimum absolute atomic E-state index is 0. The second kappa shape index (κ2) is 13.2. The minimum Gasteiger partial charge on any atom is -1.00 e. The molecule has 9 heteroatoms. The van der Waals surface area contributed by atoms with Gasteiger partial charge in [0, 0.05) is 31.6 Å². The average Bonchev–Trinajstić information content (AvgIpc) is 2.84. The second-order valence-electron chi connectivity index (χ2n) is 7.52. The summed E-state index contributed by atoms with van der Waals surface area (Å²) in [5.41, 5.74) is 1.75. The van der Waals surface area contributed by atoms with Crippen LogP contribution in [0.15, 0.2) is 88.8 Å². The van der Waals surface area contributed by atoms with E-state index in [1.54, 1.807) is 55.1 Å². The number of rotatable bonds is 5. The smallest absolute Gasteiger partial charge is 0.266 e. The van der Waals surface area contributed by atoms with Crippen LogP contribution in [-0.2, 0) is 4.79 Å². The molecule has 0 radical (unpaired) electrons. The Hall–Kier alpha value is -2.94. The maximum atomic E-state index is 13.1. The Balaban J connectivity index is 0.000000552. The van der Waals surface area contributed by atoms with Gasteiger partial charge in [-0.05, 0) is 48.5 Å². The van der Waals surface area contributed by atoms with E-state index in [-0.39, 0.29) is 40.0 Å². The van der Waals surface area contributed by atoms with Crippen molar-refractivity contribution in [3.8, 4) is 5.69 Å². The molecule has 3 aromatic carbocycles. The topological polar surface area (TPSA) is 72.3 Å². The van der Waals surface area contributed by atoms with Crippen molar-refractivity contribution in [3.63, 3.8) is 0 Å². The molecule has 1 aromatic heterocycles. The molecule has 0 bridgehead atoms. The quantitative estimate of drug-likeness (QED) is 0.208. The predicted octanol–water partition coefficient (Wildman–Crippen LogP) is 2.11. The van der Waals surface area contributed by atoms with Crippen molar-refractivity contribution in [2.45, 2.75) is 12.1 Å². The zero-order valence-corrected chi connectivity index (χ0v) is 22.6. The lowest BCUT2D eigenvalue weighted by Gasteiger charge is -2.13. The Morgan fingerprint density at radius 2 is 1.51 bits per heavy atom. The number of nitrogens with zero attached hydrogens (tertiary/aromatic N) is 3. The fraction of sp³-hybridized carbons (Fsp3) is 0.154. The van der Waals surface area contributed by atoms with Crippen molar-refractivity contribution in [2.24, 2.45) is 0 Å². The molecule has 1 heterocycles. The molecule has 0 spiro atoms. The van der Waals surface area contributed by atoms with E-state index in [1.807, 2.05) is 42.5 Å². The van der Waals surface area contributed by atoms with Gasteiger partial charge in [0.05, 0.1) is 22.3 Å². The van der Waals surface area contributed by atoms with Crippen molar-refractivity contribution in [2.75, 3.05) is 19.8 Å². The second-order valence-corrected chi connectivity index (χ2v) is 8.90. The van der Waals surface area contributed by atoms with Gasteiger partial charge in [0.15, 0.2) is 10.9 Å². The van der Waals surface area contributed by atoms with Crippen LogP contribution in [0.25, 0.3) is 16.6 Å². The van der Waals surface area contributed by atoms with E-state index in [2.05, 4.69) is 4.98 Å². The summed E-state index contributed by atoms with van der Waals surface area (Å²) in [6.45, 7) is 1.53. The van der Waals surface area contributed by atoms with Gasteiger partial charge in [0.1, 0.15) is 0 Å². The molecule has 4 aromatic rings. The molecule has 0 saturated heterocycles. The lowest BCUT2D eigenvalue weighted by Crippen LogP contribution is -3.00. The minimum atomic E-state index is -0.154. The number of Topliss-reactive ketones (excluding diaryl/α,β-unsaturated/α-hetero) is 1. The van der Waals surface area contributed by atoms with E-state index in [1.165, 1.54) is 23.6 Å². The number of hydrogen-bond donors (Lipinski definition) is 0. The summed E-state index contributed by atoms with van der Waals surface area (Å²) in [6, 6.07) is 23.3. The average molecular weight is 574 g/mol. The lowest BCUT2D eigenvalue weighted by atomic mass is 10.1. The zero-order valence-electron chi connectivity index (χ0n) is 19.4. The van der Waals surface area contributed by atoms with Crippen LogP contribution in [0.1, 0.15) is 17.3 Å². The number of thioether (sulfide) groups is 1. The molecule has 0 atom stereocenters. The molecule has 35 heavy (non-hydrogen) atoms. The van der Waals surface area contributed by atoms with Gasteiger partial charge in [-0.25, -0.2) is 4.98 Å². The number of halogens is 2. The maximum absolute atomic E-state index is 13.1. The van der Waals surface area contributed by atoms with Gasteiger partial charge in [0.25, 0.3) is 5.56 Å². The molecular weight excluding hydrogens is 550 g/mol. The summed E-state index contributed by atoms with van der Waals surface area (Å²) in [4.78, 5) is 41.9. The van der Waals surface area contributed by atoms with Gasteiger partial charge in [-0.15, -0.1) is 0 Å². The van der Waals surface area contributed by atoms with Gasteiger partial charge in [0.2, 0.25) is 5.91 Å². The third kappa shape index (κ3) is 7.52. The Bertz CT molecular complexity index is 1360. The monoisotopic (exact) mass is 572 g/mol. The van der Waals surface area contributed by atoms with Crippen LogP contribution < -0.4 is 22.5 Å². The molecule has 0 aliphatic rings. The Kier molecular flexibility index (Phi) is 10.7. The Morgan fingerprint density at radius 3 is 2.11 bits per heavy atom. The summed E-state index contributed by atoms with van der Waals surface area (Å²) in [5, 5.41) is 1.61. The Morgan fingerprint density at radius 1 is 0.943 bits per heavy atom. The summed E-state index contributed by atoms with van der Waals surface area (Å²) in [7, 11) is 3.45. The number of carbonyl (C=O) groups excluding carboxylic acids is 2. The fourth-order valence-electron chi connectivity index (χ4n) is 2.86. The summed E-state index contributed by atoms with van der Waals surface area (Å²) >= 11 is 7.13. The molecular formula is C26H24BrClN3O3S-. The van der Waals surface area contributed by atoms with Gasteiger partial charge < -0.3 is 21.9 Å². The Labute approximate surface area is 223 Å². The van der Waals surface area contributed by atoms with Crippen molar-refractivity contribution >= 4 is 46.0 Å². The van der Waals surface area contributed by atoms with Crippen LogP contribution in [0.3, 0.4) is 0 Å². The lowest BCUT2D eigenvalue weighted by molar-refractivity contribution is -0.126. The fourth-order valence-corrected chi connectivity index (χ4v) is 3.90. The molecule has 182 valence electrons. The van der Waals surface area contributed by atoms with Crippen molar-refractivity contribution in [1.29, 1.82) is 0 Å². The van der Waals surface area contributed by atoms with E-state index in [0.717, 1.165) is 0 Å². The highest BCUT2D eigenvalue weighted by atomic mass is 79.9. The third-order valence-corrected chi connectivity index (χ3v) is 6.08. The van der Waals surface area contributed by atoms with Crippen molar-refractivity contribution in [3.05, 3.63) is 99.8 Å². The van der Waals surface area contributed by atoms with Crippen LogP contribution >= 0.6 is 23.4 Å². The molecule has 0 unspecified atom stereocenters. The van der Waals surface area contributed by atoms with E-state index < -0.39 is 0 Å². The molecule has 4 rings (SSSR count). The van der Waals surface area contributed by atoms with E-state index in [0.29, 0.717) is 32.3 Å². The van der Waals surface area contributed by atoms with Crippen LogP contribution in [-0.4, -0.2) is 46.0 Å². The van der Waals surface area contributed by atoms with E-state index in [9.17, 15) is 14.4 Å². The number of carbonyl (C=O) groups is 2. The first-order valence-electron chi connectivity index (χ1n) is 10.4. The summed E-state index contributed by atoms with van der Waals surface area (Å²) < 4.78 is 1.56. The van der Waals surface area contributed by atoms with Gasteiger partial charge in [-0.3, -0.25) is 19.0 Å². The van der Waals surface area contributed by atoms with Crippen molar-refractivity contribution < 1.29 is 26.6 Å². The van der Waals surface area contributed by atoms with Crippen LogP contribution in [0.2, 0.25) is 5.02 Å². The molecule has 1 amide bonds. The highest BCUT2D eigenvalue weighted by Gasteiger charge is 2.15. The largest absolute Gasteiger partial charge is 1.00 e. The molecule has 0 N–H and O–H groups in total. The number of para-hydroxylation sites is 2. The third-order valence-electron chi connectivity index (χ3n) is 4.89. The summed E-state index contributed by atoms with van der Waals surface area (Å²) in [6.07, 6.45) is 0. The standard InChI is InChI=1S/C22H15ClN2O2S.C4H9NO.BrH/c23-16-12-10-15(11-13-16)20(26)14-28-22-24-19-9-5-4-8-18(19)21(27)25(22)17-6-2-1-3-7-17;1-4(6)5(2)3;/h1-13H,14H2;1-3H3;1H/p-1. The number of hydrogen-bond acceptors (Lipinski definition) is 5. The molecule has 0 saturated carbocycles. The highest BCUT2D eigenvalue weighted by Crippen LogP contribution is 2.22. The van der Waals surface area contributed by atoms with Crippen LogP contribution in [0.4, 0.5) is 0 Å². The SMILES string of the molecule is CC(=O)N(C)C.O=C(CSc1nc2ccccc2c(=O)n1-c1ccccc1)c1ccc(Cl)cc1.[Br-]. The van der Waals surface area contributed by atoms with Crippen molar-refractivity contribution in [1.82, 2.24) is 14.5 Å².